The summed E-state index contributed by atoms with van der Waals surface area (Å²) in [5.41, 5.74) is 6.67. The Kier molecular flexibility index (Phi) is 6.17. The van der Waals surface area contributed by atoms with Crippen molar-refractivity contribution in [3.05, 3.63) is 82.9 Å². The number of halogens is 1. The lowest BCUT2D eigenvalue weighted by atomic mass is 9.96. The van der Waals surface area contributed by atoms with Crippen LogP contribution in [0.25, 0.3) is 11.1 Å². The van der Waals surface area contributed by atoms with Gasteiger partial charge in [0.05, 0.1) is 12.7 Å². The van der Waals surface area contributed by atoms with E-state index in [4.69, 9.17) is 4.74 Å². The number of amidine groups is 1. The second-order valence-electron chi connectivity index (χ2n) is 6.76. The first kappa shape index (κ1) is 20.4. The minimum Gasteiger partial charge on any atom is -0.496 e. The molecule has 1 heterocycles. The standard InChI is InChI=1S/C24H24FN3O/c1-15-13-18(8-10-20(15)21-7-6-12-27-17(21)3)16(2)28-24(26-4)22-14-19(25)9-11-23(22)29-5/h6-14H,1-5H3. The molecule has 1 aromatic heterocycles. The Morgan fingerprint density at radius 1 is 1.03 bits per heavy atom. The fourth-order valence-corrected chi connectivity index (χ4v) is 3.27. The Balaban J connectivity index is 1.99. The van der Waals surface area contributed by atoms with Gasteiger partial charge < -0.3 is 4.74 Å². The summed E-state index contributed by atoms with van der Waals surface area (Å²) in [5, 5.41) is 0. The highest BCUT2D eigenvalue weighted by atomic mass is 19.1. The Bertz CT molecular complexity index is 1100. The molecule has 0 saturated carbocycles. The van der Waals surface area contributed by atoms with Gasteiger partial charge in [-0.15, -0.1) is 0 Å². The van der Waals surface area contributed by atoms with E-state index in [0.29, 0.717) is 17.1 Å². The highest BCUT2D eigenvalue weighted by molar-refractivity contribution is 6.12. The number of aryl methyl sites for hydroxylation is 2. The van der Waals surface area contributed by atoms with Crippen LogP contribution in [-0.2, 0) is 0 Å². The zero-order chi connectivity index (χ0) is 21.0. The average Bonchev–Trinajstić information content (AvgIpc) is 2.72. The highest BCUT2D eigenvalue weighted by Crippen LogP contribution is 2.27. The molecule has 0 atom stereocenters. The fourth-order valence-electron chi connectivity index (χ4n) is 3.27. The second-order valence-corrected chi connectivity index (χ2v) is 6.76. The van der Waals surface area contributed by atoms with Crippen molar-refractivity contribution < 1.29 is 9.13 Å². The molecular weight excluding hydrogens is 365 g/mol. The summed E-state index contributed by atoms with van der Waals surface area (Å²) in [7, 11) is 3.18. The first-order valence-electron chi connectivity index (χ1n) is 9.33. The van der Waals surface area contributed by atoms with E-state index in [9.17, 15) is 4.39 Å². The number of aliphatic imine (C=N–C) groups is 2. The van der Waals surface area contributed by atoms with Crippen LogP contribution in [0.1, 0.15) is 29.3 Å². The molecule has 0 unspecified atom stereocenters. The van der Waals surface area contributed by atoms with E-state index < -0.39 is 0 Å². The van der Waals surface area contributed by atoms with Gasteiger partial charge in [0, 0.05) is 30.2 Å². The number of methoxy groups -OCH3 is 1. The molecule has 0 aliphatic rings. The van der Waals surface area contributed by atoms with Gasteiger partial charge in [0.25, 0.3) is 0 Å². The number of rotatable bonds is 4. The molecule has 0 spiro atoms. The zero-order valence-electron chi connectivity index (χ0n) is 17.3. The van der Waals surface area contributed by atoms with Crippen LogP contribution in [0.15, 0.2) is 64.7 Å². The van der Waals surface area contributed by atoms with Crippen LogP contribution in [-0.4, -0.2) is 30.7 Å². The molecule has 148 valence electrons. The number of pyridine rings is 1. The maximum atomic E-state index is 13.8. The van der Waals surface area contributed by atoms with Gasteiger partial charge >= 0.3 is 0 Å². The van der Waals surface area contributed by atoms with Crippen molar-refractivity contribution in [2.24, 2.45) is 9.98 Å². The summed E-state index contributed by atoms with van der Waals surface area (Å²) in [6.07, 6.45) is 1.80. The Labute approximate surface area is 170 Å². The Morgan fingerprint density at radius 3 is 2.48 bits per heavy atom. The molecule has 0 saturated heterocycles. The largest absolute Gasteiger partial charge is 0.496 e. The maximum absolute atomic E-state index is 13.8. The molecule has 3 rings (SSSR count). The lowest BCUT2D eigenvalue weighted by molar-refractivity contribution is 0.412. The predicted octanol–water partition coefficient (Wildman–Crippen LogP) is 5.40. The summed E-state index contributed by atoms with van der Waals surface area (Å²) in [4.78, 5) is 13.3. The molecule has 0 radical (unpaired) electrons. The van der Waals surface area contributed by atoms with E-state index in [1.54, 1.807) is 26.4 Å². The number of hydrogen-bond donors (Lipinski definition) is 0. The van der Waals surface area contributed by atoms with Crippen LogP contribution in [0, 0.1) is 19.7 Å². The normalized spacial score (nSPS) is 12.2. The van der Waals surface area contributed by atoms with Crippen LogP contribution in [0.4, 0.5) is 4.39 Å². The van der Waals surface area contributed by atoms with Crippen molar-refractivity contribution in [1.29, 1.82) is 0 Å². The monoisotopic (exact) mass is 389 g/mol. The van der Waals surface area contributed by atoms with Crippen molar-refractivity contribution in [1.82, 2.24) is 4.98 Å². The van der Waals surface area contributed by atoms with Crippen molar-refractivity contribution in [2.75, 3.05) is 14.2 Å². The van der Waals surface area contributed by atoms with Crippen LogP contribution < -0.4 is 4.74 Å². The van der Waals surface area contributed by atoms with Gasteiger partial charge in [-0.1, -0.05) is 18.2 Å². The van der Waals surface area contributed by atoms with Crippen molar-refractivity contribution in [3.8, 4) is 16.9 Å². The minimum atomic E-state index is -0.359. The lowest BCUT2D eigenvalue weighted by Crippen LogP contribution is -2.06. The third kappa shape index (κ3) is 4.40. The third-order valence-corrected chi connectivity index (χ3v) is 4.83. The molecule has 3 aromatic rings. The molecule has 0 aliphatic carbocycles. The quantitative estimate of drug-likeness (QED) is 0.443. The van der Waals surface area contributed by atoms with Crippen molar-refractivity contribution in [2.45, 2.75) is 20.8 Å². The molecule has 4 nitrogen and oxygen atoms in total. The number of benzene rings is 2. The van der Waals surface area contributed by atoms with E-state index in [1.165, 1.54) is 12.1 Å². The lowest BCUT2D eigenvalue weighted by Gasteiger charge is -2.12. The smallest absolute Gasteiger partial charge is 0.158 e. The molecular formula is C24H24FN3O. The molecule has 5 heteroatoms. The number of nitrogens with zero attached hydrogens (tertiary/aromatic N) is 3. The average molecular weight is 389 g/mol. The molecule has 29 heavy (non-hydrogen) atoms. The topological polar surface area (TPSA) is 46.8 Å². The second kappa shape index (κ2) is 8.78. The maximum Gasteiger partial charge on any atom is 0.158 e. The molecule has 0 N–H and O–H groups in total. The third-order valence-electron chi connectivity index (χ3n) is 4.83. The van der Waals surface area contributed by atoms with E-state index >= 15 is 0 Å². The van der Waals surface area contributed by atoms with Gasteiger partial charge in [-0.25, -0.2) is 9.38 Å². The number of aromatic nitrogens is 1. The van der Waals surface area contributed by atoms with E-state index in [0.717, 1.165) is 33.7 Å². The SMILES string of the molecule is CN=C(N=C(C)c1ccc(-c2cccnc2C)c(C)c1)c1cc(F)ccc1OC. The first-order chi connectivity index (χ1) is 13.9. The summed E-state index contributed by atoms with van der Waals surface area (Å²) >= 11 is 0. The molecule has 0 bridgehead atoms. The minimum absolute atomic E-state index is 0.359. The summed E-state index contributed by atoms with van der Waals surface area (Å²) < 4.78 is 19.1. The van der Waals surface area contributed by atoms with Gasteiger partial charge in [-0.05, 0) is 67.8 Å². The van der Waals surface area contributed by atoms with Crippen LogP contribution >= 0.6 is 0 Å². The van der Waals surface area contributed by atoms with Gasteiger partial charge in [0.2, 0.25) is 0 Å². The van der Waals surface area contributed by atoms with Crippen molar-refractivity contribution >= 4 is 11.5 Å². The first-order valence-corrected chi connectivity index (χ1v) is 9.33. The van der Waals surface area contributed by atoms with Crippen LogP contribution in [0.5, 0.6) is 5.75 Å². The van der Waals surface area contributed by atoms with Crippen molar-refractivity contribution in [3.63, 3.8) is 0 Å². The molecule has 2 aromatic carbocycles. The number of hydrogen-bond acceptors (Lipinski definition) is 3. The van der Waals surface area contributed by atoms with Crippen LogP contribution in [0.3, 0.4) is 0 Å². The van der Waals surface area contributed by atoms with Gasteiger partial charge in [0.15, 0.2) is 5.84 Å². The highest BCUT2D eigenvalue weighted by Gasteiger charge is 2.12. The zero-order valence-corrected chi connectivity index (χ0v) is 17.3. The van der Waals surface area contributed by atoms with E-state index in [1.807, 2.05) is 26.0 Å². The molecule has 0 fully saturated rings. The van der Waals surface area contributed by atoms with E-state index in [-0.39, 0.29) is 5.82 Å². The van der Waals surface area contributed by atoms with Crippen LogP contribution in [0.2, 0.25) is 0 Å². The predicted molar refractivity (Wildman–Crippen MR) is 117 cm³/mol. The van der Waals surface area contributed by atoms with Gasteiger partial charge in [-0.2, -0.15) is 0 Å². The van der Waals surface area contributed by atoms with E-state index in [2.05, 4.69) is 40.1 Å². The number of ether oxygens (including phenoxy) is 1. The Hall–Kier alpha value is -3.34. The summed E-state index contributed by atoms with van der Waals surface area (Å²) in [5.74, 6) is 0.590. The Morgan fingerprint density at radius 2 is 1.83 bits per heavy atom. The summed E-state index contributed by atoms with van der Waals surface area (Å²) in [6.45, 7) is 6.00. The molecule has 0 amide bonds. The fraction of sp³-hybridized carbons (Fsp3) is 0.208. The van der Waals surface area contributed by atoms with Gasteiger partial charge in [0.1, 0.15) is 11.6 Å². The van der Waals surface area contributed by atoms with Gasteiger partial charge in [-0.3, -0.25) is 9.98 Å². The molecule has 0 aliphatic heterocycles. The summed E-state index contributed by atoms with van der Waals surface area (Å²) in [6, 6.07) is 14.5.